The van der Waals surface area contributed by atoms with Gasteiger partial charge < -0.3 is 9.84 Å². The summed E-state index contributed by atoms with van der Waals surface area (Å²) in [5.74, 6) is 1.36. The third kappa shape index (κ3) is 6.66. The molecule has 164 valence electrons. The number of piperidine rings is 1. The summed E-state index contributed by atoms with van der Waals surface area (Å²) in [4.78, 5) is 19.1. The highest BCUT2D eigenvalue weighted by Crippen LogP contribution is 2.20. The maximum absolute atomic E-state index is 12.2. The molecule has 1 aliphatic rings. The number of carbonyl (C=O) groups is 1. The van der Waals surface area contributed by atoms with Crippen LogP contribution in [0.5, 0.6) is 0 Å². The summed E-state index contributed by atoms with van der Waals surface area (Å²) in [5, 5.41) is 7.03. The number of aromatic nitrogens is 2. The number of hydrogen-bond donors (Lipinski definition) is 1. The molecule has 1 saturated heterocycles. The van der Waals surface area contributed by atoms with E-state index in [0.717, 1.165) is 12.1 Å². The molecular formula is C24H36N4O2. The molecule has 3 rings (SSSR count). The molecule has 1 amide bonds. The fourth-order valence-corrected chi connectivity index (χ4v) is 3.74. The van der Waals surface area contributed by atoms with E-state index in [1.54, 1.807) is 0 Å². The topological polar surface area (TPSA) is 71.3 Å². The van der Waals surface area contributed by atoms with Gasteiger partial charge in [0, 0.05) is 37.4 Å². The van der Waals surface area contributed by atoms with E-state index in [1.807, 2.05) is 0 Å². The fraction of sp³-hybridized carbons (Fsp3) is 0.625. The van der Waals surface area contributed by atoms with Crippen LogP contribution in [0.3, 0.4) is 0 Å². The summed E-state index contributed by atoms with van der Waals surface area (Å²) in [7, 11) is 0. The van der Waals surface area contributed by atoms with Gasteiger partial charge in [0.25, 0.3) is 0 Å². The summed E-state index contributed by atoms with van der Waals surface area (Å²) in [6, 6.07) is 9.29. The van der Waals surface area contributed by atoms with E-state index in [9.17, 15) is 4.79 Å². The van der Waals surface area contributed by atoms with E-state index >= 15 is 0 Å². The standard InChI is InChI=1S/C24H36N4O2/c1-18-8-5-6-15-28(18)17-20-13-11-19(12-14-20)16-25-21(29)9-7-10-22-26-23(27-30-22)24(2,3)4/h11-14,18H,5-10,15-17H2,1-4H3,(H,25,29). The molecule has 1 aliphatic heterocycles. The van der Waals surface area contributed by atoms with Gasteiger partial charge in [-0.3, -0.25) is 9.69 Å². The summed E-state index contributed by atoms with van der Waals surface area (Å²) in [5.41, 5.74) is 2.35. The molecule has 1 atom stereocenters. The van der Waals surface area contributed by atoms with Crippen molar-refractivity contribution in [2.24, 2.45) is 0 Å². The molecule has 6 heteroatoms. The van der Waals surface area contributed by atoms with E-state index in [-0.39, 0.29) is 11.3 Å². The molecule has 2 aromatic rings. The third-order valence-corrected chi connectivity index (χ3v) is 5.77. The van der Waals surface area contributed by atoms with Gasteiger partial charge in [0.2, 0.25) is 11.8 Å². The van der Waals surface area contributed by atoms with Crippen LogP contribution in [0.2, 0.25) is 0 Å². The predicted molar refractivity (Wildman–Crippen MR) is 118 cm³/mol. The van der Waals surface area contributed by atoms with E-state index in [0.29, 0.717) is 43.6 Å². The van der Waals surface area contributed by atoms with Crippen LogP contribution in [0.1, 0.15) is 82.6 Å². The molecule has 0 spiro atoms. The van der Waals surface area contributed by atoms with Crippen LogP contribution >= 0.6 is 0 Å². The van der Waals surface area contributed by atoms with Gasteiger partial charge in [-0.05, 0) is 43.9 Å². The van der Waals surface area contributed by atoms with Crippen molar-refractivity contribution in [2.75, 3.05) is 6.54 Å². The number of carbonyl (C=O) groups excluding carboxylic acids is 1. The Kier molecular flexibility index (Phi) is 7.64. The van der Waals surface area contributed by atoms with Gasteiger partial charge in [-0.2, -0.15) is 4.98 Å². The Hall–Kier alpha value is -2.21. The second kappa shape index (κ2) is 10.2. The Morgan fingerprint density at radius 1 is 1.20 bits per heavy atom. The normalized spacial score (nSPS) is 17.8. The Morgan fingerprint density at radius 2 is 1.93 bits per heavy atom. The Labute approximate surface area is 180 Å². The van der Waals surface area contributed by atoms with E-state index in [4.69, 9.17) is 4.52 Å². The average molecular weight is 413 g/mol. The van der Waals surface area contributed by atoms with Gasteiger partial charge in [0.1, 0.15) is 0 Å². The average Bonchev–Trinajstić information content (AvgIpc) is 3.19. The number of benzene rings is 1. The zero-order valence-corrected chi connectivity index (χ0v) is 18.9. The smallest absolute Gasteiger partial charge is 0.226 e. The minimum atomic E-state index is -0.124. The van der Waals surface area contributed by atoms with Crippen molar-refractivity contribution in [3.63, 3.8) is 0 Å². The number of amides is 1. The Bertz CT molecular complexity index is 807. The van der Waals surface area contributed by atoms with Gasteiger partial charge in [-0.25, -0.2) is 0 Å². The molecule has 0 saturated carbocycles. The second-order valence-corrected chi connectivity index (χ2v) is 9.52. The maximum atomic E-state index is 12.2. The Morgan fingerprint density at radius 3 is 2.60 bits per heavy atom. The van der Waals surface area contributed by atoms with Crippen LogP contribution in [0.4, 0.5) is 0 Å². The van der Waals surface area contributed by atoms with Crippen molar-refractivity contribution in [1.29, 1.82) is 0 Å². The monoisotopic (exact) mass is 412 g/mol. The largest absolute Gasteiger partial charge is 0.352 e. The van der Waals surface area contributed by atoms with E-state index < -0.39 is 0 Å². The molecular weight excluding hydrogens is 376 g/mol. The second-order valence-electron chi connectivity index (χ2n) is 9.52. The van der Waals surface area contributed by atoms with Crippen molar-refractivity contribution in [2.45, 2.75) is 90.8 Å². The molecule has 0 bridgehead atoms. The molecule has 1 unspecified atom stereocenters. The van der Waals surface area contributed by atoms with Crippen LogP contribution in [-0.2, 0) is 29.7 Å². The first-order valence-electron chi connectivity index (χ1n) is 11.2. The lowest BCUT2D eigenvalue weighted by Gasteiger charge is -2.33. The van der Waals surface area contributed by atoms with Crippen molar-refractivity contribution in [3.05, 3.63) is 47.1 Å². The molecule has 0 aliphatic carbocycles. The zero-order valence-electron chi connectivity index (χ0n) is 18.9. The summed E-state index contributed by atoms with van der Waals surface area (Å²) < 4.78 is 5.28. The van der Waals surface area contributed by atoms with Crippen molar-refractivity contribution in [3.8, 4) is 0 Å². The Balaban J connectivity index is 1.36. The predicted octanol–water partition coefficient (Wildman–Crippen LogP) is 4.38. The maximum Gasteiger partial charge on any atom is 0.226 e. The molecule has 1 aromatic heterocycles. The molecule has 2 heterocycles. The molecule has 6 nitrogen and oxygen atoms in total. The van der Waals surface area contributed by atoms with Crippen molar-refractivity contribution >= 4 is 5.91 Å². The van der Waals surface area contributed by atoms with E-state index in [1.165, 1.54) is 31.4 Å². The highest BCUT2D eigenvalue weighted by Gasteiger charge is 2.21. The lowest BCUT2D eigenvalue weighted by Crippen LogP contribution is -2.36. The van der Waals surface area contributed by atoms with Gasteiger partial charge in [0.05, 0.1) is 0 Å². The van der Waals surface area contributed by atoms with Crippen molar-refractivity contribution < 1.29 is 9.32 Å². The number of hydrogen-bond acceptors (Lipinski definition) is 5. The third-order valence-electron chi connectivity index (χ3n) is 5.77. The zero-order chi connectivity index (χ0) is 21.6. The highest BCUT2D eigenvalue weighted by molar-refractivity contribution is 5.75. The molecule has 0 radical (unpaired) electrons. The molecule has 1 fully saturated rings. The van der Waals surface area contributed by atoms with Gasteiger partial charge >= 0.3 is 0 Å². The minimum absolute atomic E-state index is 0.0526. The van der Waals surface area contributed by atoms with Crippen LogP contribution in [0.25, 0.3) is 0 Å². The molecule has 30 heavy (non-hydrogen) atoms. The highest BCUT2D eigenvalue weighted by atomic mass is 16.5. The number of likely N-dealkylation sites (tertiary alicyclic amines) is 1. The van der Waals surface area contributed by atoms with Gasteiger partial charge in [0.15, 0.2) is 5.82 Å². The fourth-order valence-electron chi connectivity index (χ4n) is 3.74. The lowest BCUT2D eigenvalue weighted by molar-refractivity contribution is -0.121. The summed E-state index contributed by atoms with van der Waals surface area (Å²) >= 11 is 0. The van der Waals surface area contributed by atoms with Crippen molar-refractivity contribution in [1.82, 2.24) is 20.4 Å². The lowest BCUT2D eigenvalue weighted by atomic mass is 9.96. The quantitative estimate of drug-likeness (QED) is 0.697. The van der Waals surface area contributed by atoms with Crippen LogP contribution in [-0.4, -0.2) is 33.5 Å². The van der Waals surface area contributed by atoms with Gasteiger partial charge in [-0.1, -0.05) is 56.6 Å². The SMILES string of the molecule is CC1CCCCN1Cc1ccc(CNC(=O)CCCc2nc(C(C)(C)C)no2)cc1. The van der Waals surface area contributed by atoms with Gasteiger partial charge in [-0.15, -0.1) is 0 Å². The summed E-state index contributed by atoms with van der Waals surface area (Å²) in [6.07, 6.45) is 5.74. The number of rotatable bonds is 8. The summed E-state index contributed by atoms with van der Waals surface area (Å²) in [6.45, 7) is 11.3. The van der Waals surface area contributed by atoms with Crippen LogP contribution < -0.4 is 5.32 Å². The first kappa shape index (κ1) is 22.5. The van der Waals surface area contributed by atoms with E-state index in [2.05, 4.69) is 72.3 Å². The van der Waals surface area contributed by atoms with Crippen LogP contribution in [0, 0.1) is 0 Å². The first-order valence-corrected chi connectivity index (χ1v) is 11.2. The number of nitrogens with zero attached hydrogens (tertiary/aromatic N) is 3. The molecule has 1 aromatic carbocycles. The number of nitrogens with one attached hydrogen (secondary N) is 1. The first-order chi connectivity index (χ1) is 14.3. The van der Waals surface area contributed by atoms with Crippen LogP contribution in [0.15, 0.2) is 28.8 Å². The molecule has 1 N–H and O–H groups in total. The number of aryl methyl sites for hydroxylation is 1. The minimum Gasteiger partial charge on any atom is -0.352 e.